The van der Waals surface area contributed by atoms with E-state index in [0.717, 1.165) is 4.47 Å². The number of nitrogens with zero attached hydrogens (tertiary/aromatic N) is 3. The van der Waals surface area contributed by atoms with E-state index >= 15 is 0 Å². The van der Waals surface area contributed by atoms with Crippen molar-refractivity contribution in [1.29, 1.82) is 0 Å². The van der Waals surface area contributed by atoms with Crippen molar-refractivity contribution in [3.8, 4) is 5.82 Å². The Balaban J connectivity index is 2.45. The van der Waals surface area contributed by atoms with Crippen LogP contribution in [0.15, 0.2) is 29.0 Å². The van der Waals surface area contributed by atoms with Gasteiger partial charge in [0, 0.05) is 6.20 Å². The highest BCUT2D eigenvalue weighted by molar-refractivity contribution is 9.10. The number of hydrogen-bond donors (Lipinski definition) is 1. The summed E-state index contributed by atoms with van der Waals surface area (Å²) < 4.78 is 2.46. The van der Waals surface area contributed by atoms with E-state index in [0.29, 0.717) is 16.5 Å². The molecule has 0 saturated carbocycles. The van der Waals surface area contributed by atoms with Crippen LogP contribution >= 0.6 is 27.5 Å². The van der Waals surface area contributed by atoms with Crippen LogP contribution in [-0.4, -0.2) is 19.9 Å². The van der Waals surface area contributed by atoms with Crippen molar-refractivity contribution >= 4 is 27.5 Å². The number of hydrogen-bond acceptors (Lipinski definition) is 3. The molecule has 0 spiro atoms. The van der Waals surface area contributed by atoms with Crippen LogP contribution in [0.25, 0.3) is 5.82 Å². The minimum absolute atomic E-state index is 0.185. The molecule has 78 valence electrons. The molecule has 0 aliphatic carbocycles. The SMILES string of the molecule is OCc1nc(-n2cc(Br)cn2)ccc1Cl. The smallest absolute Gasteiger partial charge is 0.153 e. The predicted molar refractivity (Wildman–Crippen MR) is 60.0 cm³/mol. The molecule has 4 nitrogen and oxygen atoms in total. The number of aromatic nitrogens is 3. The quantitative estimate of drug-likeness (QED) is 0.921. The van der Waals surface area contributed by atoms with E-state index in [-0.39, 0.29) is 6.61 Å². The Bertz CT molecular complexity index is 486. The zero-order valence-electron chi connectivity index (χ0n) is 7.56. The monoisotopic (exact) mass is 287 g/mol. The van der Waals surface area contributed by atoms with E-state index in [4.69, 9.17) is 16.7 Å². The molecular weight excluding hydrogens is 281 g/mol. The van der Waals surface area contributed by atoms with Crippen LogP contribution in [0.2, 0.25) is 5.02 Å². The second-order valence-electron chi connectivity index (χ2n) is 2.86. The first-order chi connectivity index (χ1) is 7.20. The molecule has 0 bridgehead atoms. The zero-order chi connectivity index (χ0) is 10.8. The molecule has 6 heteroatoms. The molecule has 0 saturated heterocycles. The van der Waals surface area contributed by atoms with Crippen LogP contribution in [-0.2, 0) is 6.61 Å². The average Bonchev–Trinajstić information content (AvgIpc) is 2.66. The lowest BCUT2D eigenvalue weighted by Crippen LogP contribution is -2.01. The highest BCUT2D eigenvalue weighted by Gasteiger charge is 2.05. The van der Waals surface area contributed by atoms with Gasteiger partial charge in [-0.1, -0.05) is 11.6 Å². The summed E-state index contributed by atoms with van der Waals surface area (Å²) in [5.74, 6) is 0.620. The third-order valence-electron chi connectivity index (χ3n) is 1.84. The molecule has 15 heavy (non-hydrogen) atoms. The fourth-order valence-corrected chi connectivity index (χ4v) is 1.59. The maximum atomic E-state index is 9.01. The van der Waals surface area contributed by atoms with Crippen molar-refractivity contribution < 1.29 is 5.11 Å². The van der Waals surface area contributed by atoms with Gasteiger partial charge in [-0.15, -0.1) is 0 Å². The summed E-state index contributed by atoms with van der Waals surface area (Å²) in [4.78, 5) is 4.17. The van der Waals surface area contributed by atoms with Crippen molar-refractivity contribution in [1.82, 2.24) is 14.8 Å². The van der Waals surface area contributed by atoms with Gasteiger partial charge >= 0.3 is 0 Å². The maximum Gasteiger partial charge on any atom is 0.153 e. The third-order valence-corrected chi connectivity index (χ3v) is 2.59. The average molecular weight is 289 g/mol. The molecular formula is C9H7BrClN3O. The van der Waals surface area contributed by atoms with Gasteiger partial charge in [-0.05, 0) is 28.1 Å². The van der Waals surface area contributed by atoms with Crippen LogP contribution in [0.5, 0.6) is 0 Å². The third kappa shape index (κ3) is 2.19. The van der Waals surface area contributed by atoms with Crippen LogP contribution in [0.3, 0.4) is 0 Å². The van der Waals surface area contributed by atoms with Crippen molar-refractivity contribution in [2.24, 2.45) is 0 Å². The van der Waals surface area contributed by atoms with Crippen molar-refractivity contribution in [3.05, 3.63) is 39.7 Å². The molecule has 0 aliphatic rings. The standard InChI is InChI=1S/C9H7BrClN3O/c10-6-3-12-14(4-6)9-2-1-7(11)8(5-15)13-9/h1-4,15H,5H2. The summed E-state index contributed by atoms with van der Waals surface area (Å²) in [5.41, 5.74) is 0.445. The van der Waals surface area contributed by atoms with E-state index in [2.05, 4.69) is 26.0 Å². The first-order valence-electron chi connectivity index (χ1n) is 4.17. The fourth-order valence-electron chi connectivity index (χ4n) is 1.14. The van der Waals surface area contributed by atoms with E-state index in [1.165, 1.54) is 0 Å². The molecule has 0 fully saturated rings. The number of halogens is 2. The first-order valence-corrected chi connectivity index (χ1v) is 5.34. The Morgan fingerprint density at radius 3 is 2.87 bits per heavy atom. The molecule has 0 aromatic carbocycles. The van der Waals surface area contributed by atoms with Crippen molar-refractivity contribution in [3.63, 3.8) is 0 Å². The van der Waals surface area contributed by atoms with Gasteiger partial charge in [-0.25, -0.2) is 9.67 Å². The number of aliphatic hydroxyl groups is 1. The largest absolute Gasteiger partial charge is 0.390 e. The van der Waals surface area contributed by atoms with Gasteiger partial charge in [0.15, 0.2) is 5.82 Å². The van der Waals surface area contributed by atoms with Crippen molar-refractivity contribution in [2.75, 3.05) is 0 Å². The zero-order valence-corrected chi connectivity index (χ0v) is 9.90. The number of pyridine rings is 1. The first kappa shape index (κ1) is 10.6. The maximum absolute atomic E-state index is 9.01. The van der Waals surface area contributed by atoms with E-state index < -0.39 is 0 Å². The lowest BCUT2D eigenvalue weighted by molar-refractivity contribution is 0.277. The van der Waals surface area contributed by atoms with Crippen molar-refractivity contribution in [2.45, 2.75) is 6.61 Å². The molecule has 2 rings (SSSR count). The molecule has 1 N–H and O–H groups in total. The molecule has 0 amide bonds. The van der Waals surface area contributed by atoms with Crippen LogP contribution < -0.4 is 0 Å². The van der Waals surface area contributed by atoms with Crippen LogP contribution in [0.4, 0.5) is 0 Å². The summed E-state index contributed by atoms with van der Waals surface area (Å²) in [7, 11) is 0. The van der Waals surface area contributed by atoms with Gasteiger partial charge in [-0.3, -0.25) is 0 Å². The Morgan fingerprint density at radius 1 is 1.47 bits per heavy atom. The predicted octanol–water partition coefficient (Wildman–Crippen LogP) is 2.18. The second kappa shape index (κ2) is 4.30. The normalized spacial score (nSPS) is 10.6. The summed E-state index contributed by atoms with van der Waals surface area (Å²) >= 11 is 9.12. The Morgan fingerprint density at radius 2 is 2.27 bits per heavy atom. The molecule has 0 aliphatic heterocycles. The van der Waals surface area contributed by atoms with E-state index in [1.54, 1.807) is 29.2 Å². The summed E-state index contributed by atoms with van der Waals surface area (Å²) in [6.45, 7) is -0.185. The number of aliphatic hydroxyl groups excluding tert-OH is 1. The second-order valence-corrected chi connectivity index (χ2v) is 4.18. The number of rotatable bonds is 2. The Labute approximate surface area is 99.6 Å². The van der Waals surface area contributed by atoms with Gasteiger partial charge in [0.25, 0.3) is 0 Å². The molecule has 2 aromatic heterocycles. The molecule has 0 atom stereocenters. The van der Waals surface area contributed by atoms with Crippen LogP contribution in [0, 0.1) is 0 Å². The summed E-state index contributed by atoms with van der Waals surface area (Å²) in [5, 5.41) is 13.5. The van der Waals surface area contributed by atoms with E-state index in [9.17, 15) is 0 Å². The lowest BCUT2D eigenvalue weighted by Gasteiger charge is -2.03. The molecule has 0 unspecified atom stereocenters. The van der Waals surface area contributed by atoms with Gasteiger partial charge in [0.1, 0.15) is 0 Å². The van der Waals surface area contributed by atoms with Crippen LogP contribution in [0.1, 0.15) is 5.69 Å². The minimum atomic E-state index is -0.185. The summed E-state index contributed by atoms with van der Waals surface area (Å²) in [6, 6.07) is 3.42. The fraction of sp³-hybridized carbons (Fsp3) is 0.111. The van der Waals surface area contributed by atoms with E-state index in [1.807, 2.05) is 0 Å². The minimum Gasteiger partial charge on any atom is -0.390 e. The molecule has 0 radical (unpaired) electrons. The van der Waals surface area contributed by atoms with Gasteiger partial charge < -0.3 is 5.11 Å². The summed E-state index contributed by atoms with van der Waals surface area (Å²) in [6.07, 6.45) is 3.44. The van der Waals surface area contributed by atoms with Gasteiger partial charge in [0.2, 0.25) is 0 Å². The Hall–Kier alpha value is -0.910. The van der Waals surface area contributed by atoms with Gasteiger partial charge in [-0.2, -0.15) is 5.10 Å². The topological polar surface area (TPSA) is 50.9 Å². The lowest BCUT2D eigenvalue weighted by atomic mass is 10.3. The highest BCUT2D eigenvalue weighted by Crippen LogP contribution is 2.17. The van der Waals surface area contributed by atoms with Gasteiger partial charge in [0.05, 0.1) is 28.0 Å². The molecule has 2 aromatic rings. The highest BCUT2D eigenvalue weighted by atomic mass is 79.9. The Kier molecular flexibility index (Phi) is 3.04. The molecule has 2 heterocycles.